The van der Waals surface area contributed by atoms with E-state index in [-0.39, 0.29) is 24.8 Å². The third-order valence-corrected chi connectivity index (χ3v) is 4.77. The van der Waals surface area contributed by atoms with Crippen LogP contribution in [0.15, 0.2) is 35.5 Å². The topological polar surface area (TPSA) is 54.0 Å². The Hall–Kier alpha value is -1.43. The fourth-order valence-electron chi connectivity index (χ4n) is 2.98. The number of methoxy groups -OCH3 is 2. The zero-order valence-electron chi connectivity index (χ0n) is 17.1. The quantitative estimate of drug-likeness (QED) is 0.253. The number of hydrogen-bond acceptors (Lipinski definition) is 5. The SMILES string of the molecule is C=C(C)[C@H]1CC=C(C)/C(=C/CC(C)(C)C(=O)OC)[C@@H]1OCOCCOC. The van der Waals surface area contributed by atoms with E-state index >= 15 is 0 Å². The normalized spacial score (nSPS) is 22.2. The Balaban J connectivity index is 2.95. The van der Waals surface area contributed by atoms with E-state index < -0.39 is 5.41 Å². The molecule has 0 N–H and O–H groups in total. The summed E-state index contributed by atoms with van der Waals surface area (Å²) in [5.41, 5.74) is 2.76. The van der Waals surface area contributed by atoms with Crippen molar-refractivity contribution in [3.63, 3.8) is 0 Å². The molecule has 0 aromatic heterocycles. The zero-order valence-corrected chi connectivity index (χ0v) is 17.1. The number of ether oxygens (including phenoxy) is 4. The number of rotatable bonds is 10. The molecular weight excluding hydrogens is 332 g/mol. The van der Waals surface area contributed by atoms with Gasteiger partial charge in [0.2, 0.25) is 0 Å². The van der Waals surface area contributed by atoms with Crippen molar-refractivity contribution in [3.8, 4) is 0 Å². The van der Waals surface area contributed by atoms with E-state index in [2.05, 4.69) is 25.7 Å². The second-order valence-electron chi connectivity index (χ2n) is 7.42. The number of esters is 1. The first-order valence-electron chi connectivity index (χ1n) is 9.04. The molecule has 0 saturated heterocycles. The molecule has 0 aromatic carbocycles. The molecule has 0 radical (unpaired) electrons. The predicted octanol–water partition coefficient (Wildman–Crippen LogP) is 4.05. The van der Waals surface area contributed by atoms with Gasteiger partial charge in [-0.1, -0.05) is 24.3 Å². The van der Waals surface area contributed by atoms with Crippen LogP contribution in [0.2, 0.25) is 0 Å². The van der Waals surface area contributed by atoms with Crippen LogP contribution < -0.4 is 0 Å². The summed E-state index contributed by atoms with van der Waals surface area (Å²) in [4.78, 5) is 12.0. The van der Waals surface area contributed by atoms with E-state index in [0.717, 1.165) is 17.6 Å². The Labute approximate surface area is 158 Å². The van der Waals surface area contributed by atoms with Gasteiger partial charge in [-0.2, -0.15) is 0 Å². The van der Waals surface area contributed by atoms with E-state index in [1.54, 1.807) is 7.11 Å². The van der Waals surface area contributed by atoms with Crippen LogP contribution in [0.4, 0.5) is 0 Å². The van der Waals surface area contributed by atoms with Crippen molar-refractivity contribution in [1.82, 2.24) is 0 Å². The van der Waals surface area contributed by atoms with Crippen molar-refractivity contribution < 1.29 is 23.7 Å². The van der Waals surface area contributed by atoms with Gasteiger partial charge in [0, 0.05) is 13.0 Å². The molecule has 1 aliphatic carbocycles. The summed E-state index contributed by atoms with van der Waals surface area (Å²) in [6, 6.07) is 0. The van der Waals surface area contributed by atoms with Gasteiger partial charge < -0.3 is 18.9 Å². The lowest BCUT2D eigenvalue weighted by molar-refractivity contribution is -0.150. The lowest BCUT2D eigenvalue weighted by Crippen LogP contribution is -2.32. The van der Waals surface area contributed by atoms with Gasteiger partial charge in [-0.3, -0.25) is 4.79 Å². The smallest absolute Gasteiger partial charge is 0.311 e. The van der Waals surface area contributed by atoms with Crippen LogP contribution in [0.5, 0.6) is 0 Å². The van der Waals surface area contributed by atoms with Crippen molar-refractivity contribution in [2.75, 3.05) is 34.2 Å². The maximum atomic E-state index is 12.0. The molecule has 5 heteroatoms. The fraction of sp³-hybridized carbons (Fsp3) is 0.667. The summed E-state index contributed by atoms with van der Waals surface area (Å²) < 4.78 is 21.5. The third kappa shape index (κ3) is 6.38. The third-order valence-electron chi connectivity index (χ3n) is 4.77. The minimum atomic E-state index is -0.586. The van der Waals surface area contributed by atoms with Crippen molar-refractivity contribution in [1.29, 1.82) is 0 Å². The highest BCUT2D eigenvalue weighted by molar-refractivity contribution is 5.76. The van der Waals surface area contributed by atoms with Gasteiger partial charge >= 0.3 is 5.97 Å². The molecule has 1 rings (SSSR count). The molecule has 0 unspecified atom stereocenters. The van der Waals surface area contributed by atoms with E-state index in [0.29, 0.717) is 19.6 Å². The second-order valence-corrected chi connectivity index (χ2v) is 7.42. The van der Waals surface area contributed by atoms with Crippen LogP contribution in [-0.4, -0.2) is 46.3 Å². The van der Waals surface area contributed by atoms with Gasteiger partial charge in [-0.15, -0.1) is 0 Å². The minimum absolute atomic E-state index is 0.131. The minimum Gasteiger partial charge on any atom is -0.469 e. The van der Waals surface area contributed by atoms with E-state index in [1.165, 1.54) is 12.7 Å². The summed E-state index contributed by atoms with van der Waals surface area (Å²) in [5, 5.41) is 0. The molecule has 2 atom stereocenters. The maximum absolute atomic E-state index is 12.0. The van der Waals surface area contributed by atoms with Crippen LogP contribution in [0.25, 0.3) is 0 Å². The van der Waals surface area contributed by atoms with Crippen LogP contribution >= 0.6 is 0 Å². The lowest BCUT2D eigenvalue weighted by atomic mass is 9.78. The molecule has 5 nitrogen and oxygen atoms in total. The Bertz CT molecular complexity index is 545. The van der Waals surface area contributed by atoms with Gasteiger partial charge in [0.05, 0.1) is 31.8 Å². The molecule has 0 heterocycles. The molecule has 0 aliphatic heterocycles. The molecule has 148 valence electrons. The van der Waals surface area contributed by atoms with Crippen LogP contribution in [0.1, 0.15) is 40.5 Å². The Morgan fingerprint density at radius 1 is 1.35 bits per heavy atom. The molecule has 1 aliphatic rings. The summed E-state index contributed by atoms with van der Waals surface area (Å²) in [7, 11) is 3.06. The Morgan fingerprint density at radius 3 is 2.62 bits per heavy atom. The van der Waals surface area contributed by atoms with Crippen molar-refractivity contribution in [2.24, 2.45) is 11.3 Å². The Kier molecular flexibility index (Phi) is 9.27. The number of hydrogen-bond donors (Lipinski definition) is 0. The van der Waals surface area contributed by atoms with Crippen molar-refractivity contribution in [2.45, 2.75) is 46.6 Å². The first-order chi connectivity index (χ1) is 12.2. The van der Waals surface area contributed by atoms with Gasteiger partial charge in [-0.05, 0) is 51.7 Å². The molecule has 26 heavy (non-hydrogen) atoms. The van der Waals surface area contributed by atoms with Crippen LogP contribution in [-0.2, 0) is 23.7 Å². The summed E-state index contributed by atoms with van der Waals surface area (Å²) >= 11 is 0. The zero-order chi connectivity index (χ0) is 19.7. The van der Waals surface area contributed by atoms with Gasteiger partial charge in [0.15, 0.2) is 0 Å². The average molecular weight is 366 g/mol. The second kappa shape index (κ2) is 10.7. The molecule has 0 spiro atoms. The van der Waals surface area contributed by atoms with Crippen LogP contribution in [0.3, 0.4) is 0 Å². The number of carbonyl (C=O) groups is 1. The molecular formula is C21H34O5. The molecule has 0 fully saturated rings. The summed E-state index contributed by atoms with van der Waals surface area (Å²) in [6.45, 7) is 13.2. The lowest BCUT2D eigenvalue weighted by Gasteiger charge is -2.34. The summed E-state index contributed by atoms with van der Waals surface area (Å²) in [6.07, 6.45) is 5.64. The number of carbonyl (C=O) groups excluding carboxylic acids is 1. The highest BCUT2D eigenvalue weighted by Gasteiger charge is 2.32. The first-order valence-corrected chi connectivity index (χ1v) is 9.04. The standard InChI is InChI=1S/C21H34O5/c1-15(2)17-9-8-16(3)18(10-11-21(4,5)20(22)24-7)19(17)26-14-25-13-12-23-6/h8,10,17,19H,1,9,11-14H2,2-7H3/b18-10-/t17-,19-/m1/s1. The van der Waals surface area contributed by atoms with Gasteiger partial charge in [0.25, 0.3) is 0 Å². The Morgan fingerprint density at radius 2 is 2.04 bits per heavy atom. The fourth-order valence-corrected chi connectivity index (χ4v) is 2.98. The molecule has 0 amide bonds. The maximum Gasteiger partial charge on any atom is 0.311 e. The molecule has 0 aromatic rings. The van der Waals surface area contributed by atoms with E-state index in [1.807, 2.05) is 20.8 Å². The predicted molar refractivity (Wildman–Crippen MR) is 103 cm³/mol. The highest BCUT2D eigenvalue weighted by Crippen LogP contribution is 2.36. The largest absolute Gasteiger partial charge is 0.469 e. The van der Waals surface area contributed by atoms with E-state index in [4.69, 9.17) is 18.9 Å². The van der Waals surface area contributed by atoms with Crippen LogP contribution in [0, 0.1) is 11.3 Å². The van der Waals surface area contributed by atoms with Gasteiger partial charge in [0.1, 0.15) is 6.79 Å². The summed E-state index contributed by atoms with van der Waals surface area (Å²) in [5.74, 6) is -0.0270. The number of allylic oxidation sites excluding steroid dienone is 2. The van der Waals surface area contributed by atoms with Crippen molar-refractivity contribution >= 4 is 5.97 Å². The average Bonchev–Trinajstić information content (AvgIpc) is 2.59. The first kappa shape index (κ1) is 22.6. The van der Waals surface area contributed by atoms with E-state index in [9.17, 15) is 4.79 Å². The highest BCUT2D eigenvalue weighted by atomic mass is 16.7. The monoisotopic (exact) mass is 366 g/mol. The molecule has 0 bridgehead atoms. The molecule has 0 saturated carbocycles. The van der Waals surface area contributed by atoms with Crippen molar-refractivity contribution in [3.05, 3.63) is 35.5 Å². The van der Waals surface area contributed by atoms with Gasteiger partial charge in [-0.25, -0.2) is 0 Å².